The average Bonchev–Trinajstić information content (AvgIpc) is 2.75. The molecule has 0 aromatic rings. The molecular formula is C23H55N9. The summed E-state index contributed by atoms with van der Waals surface area (Å²) in [6.45, 7) is 25.1. The van der Waals surface area contributed by atoms with E-state index in [0.717, 1.165) is 105 Å². The van der Waals surface area contributed by atoms with Gasteiger partial charge in [0.25, 0.3) is 0 Å². The summed E-state index contributed by atoms with van der Waals surface area (Å²) in [5.74, 6) is 0. The smallest absolute Gasteiger partial charge is 0.0226 e. The maximum absolute atomic E-state index is 5.90. The van der Waals surface area contributed by atoms with E-state index in [1.165, 1.54) is 0 Å². The molecule has 0 aromatic heterocycles. The van der Waals surface area contributed by atoms with Gasteiger partial charge < -0.3 is 33.2 Å². The molecule has 0 radical (unpaired) electrons. The van der Waals surface area contributed by atoms with Gasteiger partial charge in [-0.2, -0.15) is 0 Å². The molecule has 0 aromatic carbocycles. The van der Waals surface area contributed by atoms with Gasteiger partial charge in [0.2, 0.25) is 0 Å². The van der Waals surface area contributed by atoms with Crippen LogP contribution in [0.5, 0.6) is 0 Å². The predicted molar refractivity (Wildman–Crippen MR) is 138 cm³/mol. The molecule has 9 N–H and O–H groups in total. The third kappa shape index (κ3) is 16.3. The zero-order valence-corrected chi connectivity index (χ0v) is 21.5. The molecule has 3 aliphatic rings. The summed E-state index contributed by atoms with van der Waals surface area (Å²) in [4.78, 5) is 7.25. The molecule has 0 saturated carbocycles. The zero-order valence-electron chi connectivity index (χ0n) is 21.5. The lowest BCUT2D eigenvalue weighted by Crippen LogP contribution is -2.51. The minimum atomic E-state index is -0.0443. The Balaban J connectivity index is 0.000000240. The van der Waals surface area contributed by atoms with Gasteiger partial charge in [-0.05, 0) is 27.2 Å². The van der Waals surface area contributed by atoms with Crippen molar-refractivity contribution in [3.63, 3.8) is 0 Å². The Morgan fingerprint density at radius 1 is 0.719 bits per heavy atom. The van der Waals surface area contributed by atoms with Crippen LogP contribution in [-0.2, 0) is 0 Å². The average molecular weight is 458 g/mol. The van der Waals surface area contributed by atoms with Crippen LogP contribution in [0, 0.1) is 0 Å². The summed E-state index contributed by atoms with van der Waals surface area (Å²) in [6, 6.07) is 0.686. The molecule has 0 aliphatic carbocycles. The van der Waals surface area contributed by atoms with Crippen molar-refractivity contribution in [2.24, 2.45) is 17.2 Å². The number of nitrogens with zero attached hydrogens (tertiary/aromatic N) is 3. The molecule has 9 nitrogen and oxygen atoms in total. The van der Waals surface area contributed by atoms with Gasteiger partial charge in [0.1, 0.15) is 0 Å². The minimum Gasteiger partial charge on any atom is -0.327 e. The highest BCUT2D eigenvalue weighted by atomic mass is 15.2. The second-order valence-corrected chi connectivity index (χ2v) is 10.3. The summed E-state index contributed by atoms with van der Waals surface area (Å²) in [7, 11) is 0. The van der Waals surface area contributed by atoms with Crippen molar-refractivity contribution in [2.45, 2.75) is 51.7 Å². The van der Waals surface area contributed by atoms with Crippen LogP contribution in [-0.4, -0.2) is 130 Å². The number of hydrogen-bond acceptors (Lipinski definition) is 9. The van der Waals surface area contributed by atoms with Crippen LogP contribution in [0.2, 0.25) is 0 Å². The van der Waals surface area contributed by atoms with Crippen LogP contribution in [0.4, 0.5) is 0 Å². The van der Waals surface area contributed by atoms with Crippen LogP contribution in [0.3, 0.4) is 0 Å². The standard InChI is InChI=1S/2C8H19N3.C7H17N3/c1-8(2,9)7-11-5-3-10-4-6-11;1-2-8(9)7-11-5-3-10-4-6-11;1-7(8)6-10-4-2-9-3-5-10/h10H,3-7,9H2,1-2H3;8,10H,2-7,9H2,1H3;7,9H,2-6,8H2,1H3. The third-order valence-corrected chi connectivity index (χ3v) is 5.82. The summed E-state index contributed by atoms with van der Waals surface area (Å²) in [6.07, 6.45) is 1.09. The predicted octanol–water partition coefficient (Wildman–Crippen LogP) is -1.50. The molecule has 0 bridgehead atoms. The number of rotatable bonds is 7. The zero-order chi connectivity index (χ0) is 23.8. The van der Waals surface area contributed by atoms with Crippen LogP contribution >= 0.6 is 0 Å². The molecule has 2 unspecified atom stereocenters. The first-order valence-corrected chi connectivity index (χ1v) is 12.8. The molecule has 0 spiro atoms. The normalized spacial score (nSPS) is 23.3. The van der Waals surface area contributed by atoms with Crippen molar-refractivity contribution in [1.29, 1.82) is 0 Å². The topological polar surface area (TPSA) is 124 Å². The van der Waals surface area contributed by atoms with Gasteiger partial charge in [-0.3, -0.25) is 14.7 Å². The van der Waals surface area contributed by atoms with E-state index in [1.807, 2.05) is 0 Å². The second-order valence-electron chi connectivity index (χ2n) is 10.3. The van der Waals surface area contributed by atoms with Crippen molar-refractivity contribution in [1.82, 2.24) is 30.7 Å². The first kappa shape index (κ1) is 29.7. The van der Waals surface area contributed by atoms with E-state index >= 15 is 0 Å². The number of piperazine rings is 3. The van der Waals surface area contributed by atoms with E-state index in [1.54, 1.807) is 0 Å². The van der Waals surface area contributed by atoms with Crippen molar-refractivity contribution < 1.29 is 0 Å². The van der Waals surface area contributed by atoms with Gasteiger partial charge in [-0.15, -0.1) is 0 Å². The van der Waals surface area contributed by atoms with Crippen molar-refractivity contribution >= 4 is 0 Å². The van der Waals surface area contributed by atoms with E-state index in [9.17, 15) is 0 Å². The SMILES string of the molecule is CC(C)(N)CN1CCNCC1.CC(N)CN1CCNCC1.CCC(N)CN1CCNCC1. The monoisotopic (exact) mass is 457 g/mol. The van der Waals surface area contributed by atoms with E-state index in [2.05, 4.69) is 58.3 Å². The Labute approximate surface area is 198 Å². The highest BCUT2D eigenvalue weighted by molar-refractivity contribution is 4.79. The lowest BCUT2D eigenvalue weighted by molar-refractivity contribution is 0.202. The summed E-state index contributed by atoms with van der Waals surface area (Å²) >= 11 is 0. The second kappa shape index (κ2) is 17.1. The molecule has 3 rings (SSSR count). The van der Waals surface area contributed by atoms with Crippen LogP contribution in [0.15, 0.2) is 0 Å². The number of nitrogens with one attached hydrogen (secondary N) is 3. The Morgan fingerprint density at radius 3 is 1.44 bits per heavy atom. The minimum absolute atomic E-state index is 0.0443. The third-order valence-electron chi connectivity index (χ3n) is 5.82. The fraction of sp³-hybridized carbons (Fsp3) is 1.00. The molecular weight excluding hydrogens is 402 g/mol. The van der Waals surface area contributed by atoms with Crippen molar-refractivity contribution in [3.8, 4) is 0 Å². The highest BCUT2D eigenvalue weighted by Crippen LogP contribution is 2.02. The Kier molecular flexibility index (Phi) is 15.9. The molecule has 9 heteroatoms. The van der Waals surface area contributed by atoms with Crippen LogP contribution in [0.1, 0.15) is 34.1 Å². The lowest BCUT2D eigenvalue weighted by atomic mass is 10.1. The van der Waals surface area contributed by atoms with Gasteiger partial charge in [-0.1, -0.05) is 6.92 Å². The summed E-state index contributed by atoms with van der Waals surface area (Å²) in [5, 5.41) is 9.95. The summed E-state index contributed by atoms with van der Waals surface area (Å²) in [5.41, 5.74) is 17.4. The van der Waals surface area contributed by atoms with E-state index in [-0.39, 0.29) is 5.54 Å². The molecule has 3 heterocycles. The van der Waals surface area contributed by atoms with E-state index in [0.29, 0.717) is 12.1 Å². The lowest BCUT2D eigenvalue weighted by Gasteiger charge is -2.32. The molecule has 3 saturated heterocycles. The quantitative estimate of drug-likeness (QED) is 0.271. The largest absolute Gasteiger partial charge is 0.327 e. The summed E-state index contributed by atoms with van der Waals surface area (Å²) < 4.78 is 0. The molecule has 32 heavy (non-hydrogen) atoms. The highest BCUT2D eigenvalue weighted by Gasteiger charge is 2.17. The fourth-order valence-corrected chi connectivity index (χ4v) is 4.10. The van der Waals surface area contributed by atoms with Crippen molar-refractivity contribution in [3.05, 3.63) is 0 Å². The Morgan fingerprint density at radius 2 is 1.09 bits per heavy atom. The van der Waals surface area contributed by atoms with Gasteiger partial charge in [-0.25, -0.2) is 0 Å². The molecule has 2 atom stereocenters. The molecule has 192 valence electrons. The molecule has 3 aliphatic heterocycles. The number of hydrogen-bond donors (Lipinski definition) is 6. The fourth-order valence-electron chi connectivity index (χ4n) is 4.10. The molecule has 0 amide bonds. The molecule has 3 fully saturated rings. The first-order chi connectivity index (χ1) is 15.2. The van der Waals surface area contributed by atoms with Gasteiger partial charge in [0, 0.05) is 116 Å². The van der Waals surface area contributed by atoms with Crippen molar-refractivity contribution in [2.75, 3.05) is 98.2 Å². The Hall–Kier alpha value is -0.360. The van der Waals surface area contributed by atoms with Gasteiger partial charge in [0.15, 0.2) is 0 Å². The maximum Gasteiger partial charge on any atom is 0.0226 e. The maximum atomic E-state index is 5.90. The number of nitrogens with two attached hydrogens (primary N) is 3. The first-order valence-electron chi connectivity index (χ1n) is 12.8. The van der Waals surface area contributed by atoms with E-state index in [4.69, 9.17) is 17.2 Å². The van der Waals surface area contributed by atoms with Gasteiger partial charge in [0.05, 0.1) is 0 Å². The Bertz CT molecular complexity index is 424. The van der Waals surface area contributed by atoms with Crippen LogP contribution < -0.4 is 33.2 Å². The van der Waals surface area contributed by atoms with Crippen LogP contribution in [0.25, 0.3) is 0 Å². The van der Waals surface area contributed by atoms with Gasteiger partial charge >= 0.3 is 0 Å². The van der Waals surface area contributed by atoms with E-state index < -0.39 is 0 Å².